The Kier molecular flexibility index (Phi) is 4.86. The maximum Gasteiger partial charge on any atom is 0.322 e. The maximum atomic E-state index is 12.0. The normalized spacial score (nSPS) is 32.5. The van der Waals surface area contributed by atoms with E-state index in [9.17, 15) is 9.90 Å². The zero-order chi connectivity index (χ0) is 13.3. The van der Waals surface area contributed by atoms with Crippen LogP contribution in [0.1, 0.15) is 53.4 Å². The Morgan fingerprint density at radius 3 is 2.71 bits per heavy atom. The van der Waals surface area contributed by atoms with Crippen molar-refractivity contribution in [3.63, 3.8) is 0 Å². The van der Waals surface area contributed by atoms with E-state index in [1.165, 1.54) is 0 Å². The summed E-state index contributed by atoms with van der Waals surface area (Å²) >= 11 is 2.13. The summed E-state index contributed by atoms with van der Waals surface area (Å²) in [5.41, 5.74) is -0.837. The van der Waals surface area contributed by atoms with Crippen LogP contribution in [-0.4, -0.2) is 26.2 Å². The number of rotatable bonds is 4. The number of hydrogen-bond acceptors (Lipinski definition) is 3. The summed E-state index contributed by atoms with van der Waals surface area (Å²) < 4.78 is 5.06. The van der Waals surface area contributed by atoms with Gasteiger partial charge in [0.2, 0.25) is 0 Å². The van der Waals surface area contributed by atoms with E-state index in [1.54, 1.807) is 0 Å². The summed E-state index contributed by atoms with van der Waals surface area (Å²) in [5, 5.41) is 10.5. The second-order valence-corrected chi connectivity index (χ2v) is 7.86. The van der Waals surface area contributed by atoms with Gasteiger partial charge in [0.05, 0.1) is 0 Å². The van der Waals surface area contributed by atoms with Gasteiger partial charge in [0.25, 0.3) is 0 Å². The average Bonchev–Trinajstić information content (AvgIpc) is 2.61. The Morgan fingerprint density at radius 1 is 1.65 bits per heavy atom. The van der Waals surface area contributed by atoms with E-state index in [2.05, 4.69) is 22.6 Å². The lowest BCUT2D eigenvalue weighted by molar-refractivity contribution is -0.168. The zero-order valence-electron chi connectivity index (χ0n) is 11.1. The number of esters is 1. The van der Waals surface area contributed by atoms with Gasteiger partial charge in [-0.15, -0.1) is 0 Å². The van der Waals surface area contributed by atoms with Gasteiger partial charge in [-0.05, 0) is 38.5 Å². The standard InChI is InChI=1S/C13H23IO3/c1-5-12(4,14)11(15)17-10-7-6-8-13(10,16)9(2)3/h9-10,16H,5-8H2,1-4H3. The molecule has 0 aliphatic heterocycles. The van der Waals surface area contributed by atoms with Crippen molar-refractivity contribution in [1.29, 1.82) is 0 Å². The van der Waals surface area contributed by atoms with Crippen molar-refractivity contribution in [3.8, 4) is 0 Å². The lowest BCUT2D eigenvalue weighted by atomic mass is 9.87. The van der Waals surface area contributed by atoms with Crippen LogP contribution in [0.3, 0.4) is 0 Å². The molecule has 3 atom stereocenters. The van der Waals surface area contributed by atoms with Crippen molar-refractivity contribution in [2.45, 2.75) is 68.5 Å². The first-order chi connectivity index (χ1) is 7.74. The summed E-state index contributed by atoms with van der Waals surface area (Å²) in [5.74, 6) is -0.0866. The van der Waals surface area contributed by atoms with Crippen molar-refractivity contribution >= 4 is 28.6 Å². The van der Waals surface area contributed by atoms with Crippen molar-refractivity contribution in [2.75, 3.05) is 0 Å². The monoisotopic (exact) mass is 354 g/mol. The van der Waals surface area contributed by atoms with Gasteiger partial charge in [0.1, 0.15) is 15.1 Å². The summed E-state index contributed by atoms with van der Waals surface area (Å²) in [7, 11) is 0. The highest BCUT2D eigenvalue weighted by molar-refractivity contribution is 14.1. The minimum absolute atomic E-state index is 0.116. The molecule has 3 unspecified atom stereocenters. The number of halogens is 1. The van der Waals surface area contributed by atoms with Crippen LogP contribution >= 0.6 is 22.6 Å². The molecule has 0 bridgehead atoms. The lowest BCUT2D eigenvalue weighted by Gasteiger charge is -2.34. The SMILES string of the molecule is CCC(C)(I)C(=O)OC1CCCC1(O)C(C)C. The van der Waals surface area contributed by atoms with Gasteiger partial charge in [-0.2, -0.15) is 0 Å². The van der Waals surface area contributed by atoms with E-state index in [0.29, 0.717) is 0 Å². The molecule has 17 heavy (non-hydrogen) atoms. The molecule has 0 aromatic carbocycles. The molecular weight excluding hydrogens is 331 g/mol. The number of hydrogen-bond donors (Lipinski definition) is 1. The molecule has 1 aliphatic carbocycles. The molecule has 100 valence electrons. The average molecular weight is 354 g/mol. The van der Waals surface area contributed by atoms with Gasteiger partial charge in [0, 0.05) is 0 Å². The molecule has 1 aliphatic rings. The van der Waals surface area contributed by atoms with Crippen LogP contribution in [0.5, 0.6) is 0 Å². The topological polar surface area (TPSA) is 46.5 Å². The molecule has 1 fully saturated rings. The van der Waals surface area contributed by atoms with Crippen molar-refractivity contribution < 1.29 is 14.6 Å². The van der Waals surface area contributed by atoms with Gasteiger partial charge in [-0.1, -0.05) is 43.4 Å². The summed E-state index contributed by atoms with van der Waals surface area (Å²) in [4.78, 5) is 12.0. The van der Waals surface area contributed by atoms with Crippen LogP contribution in [0.15, 0.2) is 0 Å². The minimum atomic E-state index is -0.837. The first-order valence-corrected chi connectivity index (χ1v) is 7.44. The van der Waals surface area contributed by atoms with Crippen LogP contribution in [0, 0.1) is 5.92 Å². The minimum Gasteiger partial charge on any atom is -0.458 e. The largest absolute Gasteiger partial charge is 0.458 e. The summed E-state index contributed by atoms with van der Waals surface area (Å²) in [6.45, 7) is 7.81. The first-order valence-electron chi connectivity index (χ1n) is 6.36. The highest BCUT2D eigenvalue weighted by Crippen LogP contribution is 2.39. The fourth-order valence-corrected chi connectivity index (χ4v) is 2.33. The fraction of sp³-hybridized carbons (Fsp3) is 0.923. The second kappa shape index (κ2) is 5.43. The fourth-order valence-electron chi connectivity index (χ4n) is 2.20. The molecular formula is C13H23IO3. The summed E-state index contributed by atoms with van der Waals surface area (Å²) in [6.07, 6.45) is 2.83. The van der Waals surface area contributed by atoms with Crippen LogP contribution in [0.2, 0.25) is 0 Å². The van der Waals surface area contributed by atoms with Gasteiger partial charge >= 0.3 is 5.97 Å². The van der Waals surface area contributed by atoms with Crippen molar-refractivity contribution in [2.24, 2.45) is 5.92 Å². The molecule has 1 saturated carbocycles. The number of aliphatic hydroxyl groups is 1. The number of ether oxygens (including phenoxy) is 1. The second-order valence-electron chi connectivity index (χ2n) is 5.48. The highest BCUT2D eigenvalue weighted by atomic mass is 127. The van der Waals surface area contributed by atoms with E-state index >= 15 is 0 Å². The Labute approximate surface area is 117 Å². The van der Waals surface area contributed by atoms with E-state index in [1.807, 2.05) is 27.7 Å². The lowest BCUT2D eigenvalue weighted by Crippen LogP contribution is -2.47. The Balaban J connectivity index is 2.72. The molecule has 1 N–H and O–H groups in total. The van der Waals surface area contributed by atoms with Crippen molar-refractivity contribution in [3.05, 3.63) is 0 Å². The van der Waals surface area contributed by atoms with Crippen molar-refractivity contribution in [1.82, 2.24) is 0 Å². The Bertz CT molecular complexity index is 288. The van der Waals surface area contributed by atoms with E-state index in [0.717, 1.165) is 25.7 Å². The molecule has 0 aromatic heterocycles. The van der Waals surface area contributed by atoms with E-state index in [-0.39, 0.29) is 18.0 Å². The third-order valence-corrected chi connectivity index (χ3v) is 5.14. The third-order valence-electron chi connectivity index (χ3n) is 3.94. The van der Waals surface area contributed by atoms with Gasteiger partial charge in [-0.25, -0.2) is 0 Å². The third kappa shape index (κ3) is 3.13. The van der Waals surface area contributed by atoms with Crippen LogP contribution in [0.4, 0.5) is 0 Å². The molecule has 0 heterocycles. The maximum absolute atomic E-state index is 12.0. The molecule has 3 nitrogen and oxygen atoms in total. The quantitative estimate of drug-likeness (QED) is 0.480. The Morgan fingerprint density at radius 2 is 2.24 bits per heavy atom. The molecule has 1 rings (SSSR count). The number of alkyl halides is 1. The molecule has 0 radical (unpaired) electrons. The zero-order valence-corrected chi connectivity index (χ0v) is 13.3. The van der Waals surface area contributed by atoms with Crippen LogP contribution in [-0.2, 0) is 9.53 Å². The van der Waals surface area contributed by atoms with Crippen LogP contribution in [0.25, 0.3) is 0 Å². The number of carbonyl (C=O) groups is 1. The molecule has 0 amide bonds. The molecule has 0 saturated heterocycles. The smallest absolute Gasteiger partial charge is 0.322 e. The Hall–Kier alpha value is 0.160. The van der Waals surface area contributed by atoms with Gasteiger partial charge in [0.15, 0.2) is 0 Å². The highest BCUT2D eigenvalue weighted by Gasteiger charge is 2.47. The first kappa shape index (κ1) is 15.2. The van der Waals surface area contributed by atoms with E-state index < -0.39 is 9.02 Å². The molecule has 0 spiro atoms. The molecule has 4 heteroatoms. The predicted octanol–water partition coefficient (Wildman–Crippen LogP) is 3.07. The predicted molar refractivity (Wildman–Crippen MR) is 76.2 cm³/mol. The van der Waals surface area contributed by atoms with E-state index in [4.69, 9.17) is 4.74 Å². The van der Waals surface area contributed by atoms with Gasteiger partial charge < -0.3 is 9.84 Å². The molecule has 0 aromatic rings. The summed E-state index contributed by atoms with van der Waals surface area (Å²) in [6, 6.07) is 0. The van der Waals surface area contributed by atoms with Crippen LogP contribution < -0.4 is 0 Å². The number of carbonyl (C=O) groups excluding carboxylic acids is 1. The van der Waals surface area contributed by atoms with Gasteiger partial charge in [-0.3, -0.25) is 4.79 Å².